The summed E-state index contributed by atoms with van der Waals surface area (Å²) in [7, 11) is -3.27. The first-order valence-electron chi connectivity index (χ1n) is 10.7. The lowest BCUT2D eigenvalue weighted by Gasteiger charge is -2.40. The molecule has 1 N–H and O–H groups in total. The fourth-order valence-corrected chi connectivity index (χ4v) is 6.24. The molecule has 0 bridgehead atoms. The number of carbonyl (C=O) groups is 1. The average Bonchev–Trinajstić information content (AvgIpc) is 3.06. The van der Waals surface area contributed by atoms with Crippen LogP contribution in [0.1, 0.15) is 50.5 Å². The van der Waals surface area contributed by atoms with Gasteiger partial charge in [0.1, 0.15) is 5.54 Å². The van der Waals surface area contributed by atoms with Crippen LogP contribution in [0.15, 0.2) is 29.2 Å². The molecular formula is C21H32BNO6S. The van der Waals surface area contributed by atoms with Gasteiger partial charge in [0.2, 0.25) is 0 Å². The van der Waals surface area contributed by atoms with Crippen LogP contribution in [0.3, 0.4) is 0 Å². The maximum absolute atomic E-state index is 12.9. The smallest absolute Gasteiger partial charge is 0.377 e. The quantitative estimate of drug-likeness (QED) is 0.289. The van der Waals surface area contributed by atoms with Crippen LogP contribution in [0.25, 0.3) is 0 Å². The molecule has 0 radical (unpaired) electrons. The van der Waals surface area contributed by atoms with Gasteiger partial charge in [-0.3, -0.25) is 13.8 Å². The van der Waals surface area contributed by atoms with Crippen LogP contribution in [-0.2, 0) is 23.8 Å². The van der Waals surface area contributed by atoms with E-state index in [0.717, 1.165) is 31.2 Å². The lowest BCUT2D eigenvalue weighted by molar-refractivity contribution is -0.152. The molecule has 3 atom stereocenters. The maximum Gasteiger partial charge on any atom is 0.377 e. The van der Waals surface area contributed by atoms with Crippen LogP contribution in [0, 0.1) is 12.8 Å². The van der Waals surface area contributed by atoms with E-state index in [1.807, 2.05) is 11.7 Å². The molecule has 0 aromatic heterocycles. The van der Waals surface area contributed by atoms with Gasteiger partial charge in [-0.2, -0.15) is 8.42 Å². The van der Waals surface area contributed by atoms with E-state index >= 15 is 0 Å². The molecule has 3 unspecified atom stereocenters. The second-order valence-electron chi connectivity index (χ2n) is 8.57. The van der Waals surface area contributed by atoms with Gasteiger partial charge >= 0.3 is 13.0 Å². The molecule has 1 aromatic rings. The monoisotopic (exact) mass is 437 g/mol. The summed E-state index contributed by atoms with van der Waals surface area (Å²) in [6, 6.07) is 6.65. The number of benzene rings is 1. The van der Waals surface area contributed by atoms with E-state index in [1.54, 1.807) is 19.0 Å². The molecule has 1 aromatic carbocycles. The van der Waals surface area contributed by atoms with Gasteiger partial charge < -0.3 is 9.76 Å². The first-order chi connectivity index (χ1) is 14.2. The molecule has 1 saturated heterocycles. The third-order valence-corrected chi connectivity index (χ3v) is 7.90. The van der Waals surface area contributed by atoms with Gasteiger partial charge in [0.25, 0.3) is 10.1 Å². The van der Waals surface area contributed by atoms with Crippen molar-refractivity contribution in [3.63, 3.8) is 0 Å². The van der Waals surface area contributed by atoms with Crippen LogP contribution in [0.2, 0.25) is 6.82 Å². The first kappa shape index (κ1) is 23.3. The Hall–Kier alpha value is -1.42. The van der Waals surface area contributed by atoms with Gasteiger partial charge in [0.05, 0.1) is 18.6 Å². The number of aryl methyl sites for hydroxylation is 1. The molecule has 3 rings (SSSR count). The molecule has 2 fully saturated rings. The van der Waals surface area contributed by atoms with E-state index in [9.17, 15) is 18.2 Å². The van der Waals surface area contributed by atoms with E-state index in [-0.39, 0.29) is 23.5 Å². The summed E-state index contributed by atoms with van der Waals surface area (Å²) in [5.74, 6) is -0.0242. The lowest BCUT2D eigenvalue weighted by atomic mass is 9.76. The van der Waals surface area contributed by atoms with Crippen LogP contribution < -0.4 is 0 Å². The third kappa shape index (κ3) is 4.59. The molecule has 1 aliphatic heterocycles. The standard InChI is InChI=1S/C21H32BNO6S/c1-16-9-11-18(12-10-16)30(26,27)29-14-6-13-21(20(24)28-3)15-17-7-4-5-8-19(17)23(21)22(2)25/h9-12,17,19,25H,4-8,13-15H2,1-3H3. The Kier molecular flexibility index (Phi) is 7.27. The molecule has 9 heteroatoms. The van der Waals surface area contributed by atoms with Gasteiger partial charge in [0, 0.05) is 6.04 Å². The number of fused-ring (bicyclic) bond motifs is 1. The number of hydrogen-bond acceptors (Lipinski definition) is 7. The van der Waals surface area contributed by atoms with Crippen LogP contribution >= 0.6 is 0 Å². The molecular weight excluding hydrogens is 405 g/mol. The zero-order chi connectivity index (χ0) is 21.9. The summed E-state index contributed by atoms with van der Waals surface area (Å²) in [4.78, 5) is 14.9. The number of carbonyl (C=O) groups excluding carboxylic acids is 1. The Balaban J connectivity index is 1.71. The molecule has 0 amide bonds. The fraction of sp³-hybridized carbons (Fsp3) is 0.667. The van der Waals surface area contributed by atoms with Crippen molar-refractivity contribution >= 4 is 23.1 Å². The molecule has 1 saturated carbocycles. The minimum atomic E-state index is -3.85. The van der Waals surface area contributed by atoms with Gasteiger partial charge in [-0.1, -0.05) is 30.5 Å². The van der Waals surface area contributed by atoms with Crippen molar-refractivity contribution in [1.82, 2.24) is 4.81 Å². The zero-order valence-corrected chi connectivity index (χ0v) is 18.9. The first-order valence-corrected chi connectivity index (χ1v) is 12.1. The van der Waals surface area contributed by atoms with Crippen molar-refractivity contribution < 1.29 is 27.2 Å². The molecule has 0 spiro atoms. The normalized spacial score (nSPS) is 26.9. The summed E-state index contributed by atoms with van der Waals surface area (Å²) in [5, 5.41) is 10.5. The molecule has 30 heavy (non-hydrogen) atoms. The van der Waals surface area contributed by atoms with Gasteiger partial charge in [-0.25, -0.2) is 0 Å². The second kappa shape index (κ2) is 9.38. The van der Waals surface area contributed by atoms with E-state index in [1.165, 1.54) is 19.2 Å². The highest BCUT2D eigenvalue weighted by Crippen LogP contribution is 2.48. The highest BCUT2D eigenvalue weighted by atomic mass is 32.2. The second-order valence-corrected chi connectivity index (χ2v) is 10.2. The van der Waals surface area contributed by atoms with Crippen LogP contribution in [0.4, 0.5) is 0 Å². The lowest BCUT2D eigenvalue weighted by Crippen LogP contribution is -2.59. The van der Waals surface area contributed by atoms with E-state index in [2.05, 4.69) is 0 Å². The maximum atomic E-state index is 12.9. The highest BCUT2D eigenvalue weighted by molar-refractivity contribution is 7.86. The predicted molar refractivity (Wildman–Crippen MR) is 114 cm³/mol. The zero-order valence-electron chi connectivity index (χ0n) is 18.0. The Morgan fingerprint density at radius 1 is 1.27 bits per heavy atom. The Morgan fingerprint density at radius 3 is 2.57 bits per heavy atom. The number of hydrogen-bond donors (Lipinski definition) is 1. The van der Waals surface area contributed by atoms with Gasteiger partial charge in [-0.05, 0) is 63.9 Å². The minimum absolute atomic E-state index is 0.0298. The highest BCUT2D eigenvalue weighted by Gasteiger charge is 2.58. The summed E-state index contributed by atoms with van der Waals surface area (Å²) in [5.41, 5.74) is 0.0226. The Bertz CT molecular complexity index is 844. The molecule has 1 aliphatic carbocycles. The SMILES string of the molecule is COC(=O)C1(CCCOS(=O)(=O)c2ccc(C)cc2)CC2CCCCC2N1B(C)O. The number of methoxy groups -OCH3 is 1. The number of rotatable bonds is 8. The molecule has 7 nitrogen and oxygen atoms in total. The largest absolute Gasteiger partial charge is 0.468 e. The number of nitrogens with zero attached hydrogens (tertiary/aromatic N) is 1. The molecule has 1 heterocycles. The Labute approximate surface area is 180 Å². The average molecular weight is 437 g/mol. The van der Waals surface area contributed by atoms with Crippen molar-refractivity contribution in [2.45, 2.75) is 75.2 Å². The molecule has 2 aliphatic rings. The van der Waals surface area contributed by atoms with E-state index in [4.69, 9.17) is 8.92 Å². The predicted octanol–water partition coefficient (Wildman–Crippen LogP) is 2.77. The van der Waals surface area contributed by atoms with Crippen molar-refractivity contribution in [2.75, 3.05) is 13.7 Å². The molecule has 166 valence electrons. The van der Waals surface area contributed by atoms with Gasteiger partial charge in [-0.15, -0.1) is 0 Å². The van der Waals surface area contributed by atoms with Crippen molar-refractivity contribution in [3.05, 3.63) is 29.8 Å². The third-order valence-electron chi connectivity index (χ3n) is 6.57. The summed E-state index contributed by atoms with van der Waals surface area (Å²) in [6.45, 7) is 3.54. The Morgan fingerprint density at radius 2 is 1.93 bits per heavy atom. The number of esters is 1. The van der Waals surface area contributed by atoms with Crippen molar-refractivity contribution in [2.24, 2.45) is 5.92 Å². The van der Waals surface area contributed by atoms with Crippen LogP contribution in [-0.4, -0.2) is 56.6 Å². The minimum Gasteiger partial charge on any atom is -0.468 e. The number of ether oxygens (including phenoxy) is 1. The van der Waals surface area contributed by atoms with Crippen molar-refractivity contribution in [1.29, 1.82) is 0 Å². The summed E-state index contributed by atoms with van der Waals surface area (Å²) >= 11 is 0. The van der Waals surface area contributed by atoms with E-state index < -0.39 is 22.7 Å². The van der Waals surface area contributed by atoms with Crippen LogP contribution in [0.5, 0.6) is 0 Å². The fourth-order valence-electron chi connectivity index (χ4n) is 5.30. The summed E-state index contributed by atoms with van der Waals surface area (Å²) < 4.78 is 35.2. The summed E-state index contributed by atoms with van der Waals surface area (Å²) in [6.07, 6.45) is 5.56. The van der Waals surface area contributed by atoms with Crippen molar-refractivity contribution in [3.8, 4) is 0 Å². The van der Waals surface area contributed by atoms with Gasteiger partial charge in [0.15, 0.2) is 0 Å². The topological polar surface area (TPSA) is 93.1 Å². The van der Waals surface area contributed by atoms with E-state index in [0.29, 0.717) is 25.2 Å².